The normalized spacial score (nSPS) is 10.2. The Labute approximate surface area is 108 Å². The van der Waals surface area contributed by atoms with Gasteiger partial charge in [-0.05, 0) is 30.7 Å². The third-order valence-electron chi connectivity index (χ3n) is 2.70. The van der Waals surface area contributed by atoms with E-state index in [1.807, 2.05) is 6.92 Å². The van der Waals surface area contributed by atoms with Gasteiger partial charge in [0.15, 0.2) is 0 Å². The molecule has 0 radical (unpaired) electrons. The first kappa shape index (κ1) is 12.8. The van der Waals surface area contributed by atoms with Crippen molar-refractivity contribution in [3.05, 3.63) is 45.9 Å². The third-order valence-corrected chi connectivity index (χ3v) is 2.70. The number of hydrogen-bond acceptors (Lipinski definition) is 4. The van der Waals surface area contributed by atoms with Crippen molar-refractivity contribution < 1.29 is 14.6 Å². The molecule has 1 aromatic carbocycles. The van der Waals surface area contributed by atoms with Crippen LogP contribution in [0.2, 0.25) is 0 Å². The average molecular weight is 260 g/mol. The molecule has 0 atom stereocenters. The van der Waals surface area contributed by atoms with E-state index >= 15 is 0 Å². The summed E-state index contributed by atoms with van der Waals surface area (Å²) in [5, 5.41) is 8.76. The van der Waals surface area contributed by atoms with E-state index in [4.69, 9.17) is 9.84 Å². The van der Waals surface area contributed by atoms with Crippen LogP contribution in [0.25, 0.3) is 11.4 Å². The van der Waals surface area contributed by atoms with E-state index in [-0.39, 0.29) is 5.56 Å². The fraction of sp³-hybridized carbons (Fsp3) is 0.154. The van der Waals surface area contributed by atoms with Gasteiger partial charge in [0.2, 0.25) is 0 Å². The molecule has 0 fully saturated rings. The molecule has 0 saturated carbocycles. The number of nitrogens with zero attached hydrogens (tertiary/aromatic N) is 1. The molecule has 19 heavy (non-hydrogen) atoms. The summed E-state index contributed by atoms with van der Waals surface area (Å²) < 4.78 is 5.14. The maximum atomic E-state index is 11.6. The predicted octanol–water partition coefficient (Wildman–Crippen LogP) is 1.45. The molecular formula is C13H12N2O4. The predicted molar refractivity (Wildman–Crippen MR) is 68.5 cm³/mol. The molecule has 1 aromatic heterocycles. The lowest BCUT2D eigenvalue weighted by Gasteiger charge is -2.07. The van der Waals surface area contributed by atoms with Crippen LogP contribution in [-0.4, -0.2) is 28.2 Å². The first-order valence-corrected chi connectivity index (χ1v) is 5.50. The molecule has 0 bridgehead atoms. The molecule has 0 aliphatic heterocycles. The molecule has 0 aliphatic rings. The number of aromatic amines is 1. The second-order valence-electron chi connectivity index (χ2n) is 3.96. The van der Waals surface area contributed by atoms with Crippen LogP contribution in [-0.2, 0) is 0 Å². The topological polar surface area (TPSA) is 92.3 Å². The largest absolute Gasteiger partial charge is 0.496 e. The minimum absolute atomic E-state index is 0.320. The second kappa shape index (κ2) is 4.93. The van der Waals surface area contributed by atoms with E-state index in [2.05, 4.69) is 9.97 Å². The molecule has 2 aromatic rings. The smallest absolute Gasteiger partial charge is 0.342 e. The highest BCUT2D eigenvalue weighted by Crippen LogP contribution is 2.23. The highest BCUT2D eigenvalue weighted by molar-refractivity contribution is 5.86. The van der Waals surface area contributed by atoms with Crippen LogP contribution in [0.5, 0.6) is 5.75 Å². The van der Waals surface area contributed by atoms with Crippen molar-refractivity contribution in [1.82, 2.24) is 9.97 Å². The zero-order valence-electron chi connectivity index (χ0n) is 10.4. The first-order chi connectivity index (χ1) is 9.02. The summed E-state index contributed by atoms with van der Waals surface area (Å²) in [5.74, 6) is -0.250. The minimum Gasteiger partial charge on any atom is -0.496 e. The number of carboxylic acids is 1. The number of benzene rings is 1. The Hall–Kier alpha value is -2.63. The zero-order valence-corrected chi connectivity index (χ0v) is 10.4. The highest BCUT2D eigenvalue weighted by atomic mass is 16.5. The minimum atomic E-state index is -1.30. The van der Waals surface area contributed by atoms with Gasteiger partial charge in [-0.25, -0.2) is 9.78 Å². The van der Waals surface area contributed by atoms with E-state index in [9.17, 15) is 9.59 Å². The average Bonchev–Trinajstić information content (AvgIpc) is 2.38. The van der Waals surface area contributed by atoms with Gasteiger partial charge in [-0.15, -0.1) is 0 Å². The van der Waals surface area contributed by atoms with Gasteiger partial charge in [0, 0.05) is 11.8 Å². The molecule has 0 saturated heterocycles. The van der Waals surface area contributed by atoms with Crippen LogP contribution >= 0.6 is 0 Å². The molecule has 0 amide bonds. The summed E-state index contributed by atoms with van der Waals surface area (Å²) in [7, 11) is 1.57. The van der Waals surface area contributed by atoms with E-state index in [0.717, 1.165) is 17.5 Å². The molecular weight excluding hydrogens is 248 g/mol. The van der Waals surface area contributed by atoms with Crippen LogP contribution in [0.15, 0.2) is 29.2 Å². The van der Waals surface area contributed by atoms with Crippen LogP contribution < -0.4 is 10.3 Å². The number of ether oxygens (including phenoxy) is 1. The summed E-state index contributed by atoms with van der Waals surface area (Å²) >= 11 is 0. The Morgan fingerprint density at radius 2 is 2.16 bits per heavy atom. The van der Waals surface area contributed by atoms with E-state index in [0.29, 0.717) is 11.4 Å². The standard InChI is InChI=1S/C13H12N2O4/c1-7-5-8(3-4-10(7)19-2)11-14-6-9(13(17)18)12(16)15-11/h3-6H,1-2H3,(H,17,18)(H,14,15,16). The quantitative estimate of drug-likeness (QED) is 0.871. The molecule has 1 heterocycles. The fourth-order valence-electron chi connectivity index (χ4n) is 1.72. The molecule has 0 unspecified atom stereocenters. The lowest BCUT2D eigenvalue weighted by molar-refractivity contribution is 0.0694. The number of hydrogen-bond donors (Lipinski definition) is 2. The van der Waals surface area contributed by atoms with E-state index in [1.165, 1.54) is 0 Å². The van der Waals surface area contributed by atoms with Crippen molar-refractivity contribution in [2.45, 2.75) is 6.92 Å². The fourth-order valence-corrected chi connectivity index (χ4v) is 1.72. The Morgan fingerprint density at radius 1 is 1.42 bits per heavy atom. The number of carbonyl (C=O) groups is 1. The van der Waals surface area contributed by atoms with Gasteiger partial charge in [-0.3, -0.25) is 4.79 Å². The molecule has 6 nitrogen and oxygen atoms in total. The summed E-state index contributed by atoms with van der Waals surface area (Å²) in [6.07, 6.45) is 1.05. The van der Waals surface area contributed by atoms with Gasteiger partial charge in [-0.2, -0.15) is 0 Å². The van der Waals surface area contributed by atoms with Crippen molar-refractivity contribution in [2.24, 2.45) is 0 Å². The highest BCUT2D eigenvalue weighted by Gasteiger charge is 2.11. The van der Waals surface area contributed by atoms with Crippen molar-refractivity contribution in [3.8, 4) is 17.1 Å². The lowest BCUT2D eigenvalue weighted by Crippen LogP contribution is -2.18. The lowest BCUT2D eigenvalue weighted by atomic mass is 10.1. The van der Waals surface area contributed by atoms with Crippen LogP contribution in [0.4, 0.5) is 0 Å². The number of aryl methyl sites for hydroxylation is 1. The maximum Gasteiger partial charge on any atom is 0.342 e. The van der Waals surface area contributed by atoms with Crippen LogP contribution in [0.3, 0.4) is 0 Å². The number of nitrogens with one attached hydrogen (secondary N) is 1. The van der Waals surface area contributed by atoms with Crippen molar-refractivity contribution in [3.63, 3.8) is 0 Å². The van der Waals surface area contributed by atoms with Gasteiger partial charge < -0.3 is 14.8 Å². The second-order valence-corrected chi connectivity index (χ2v) is 3.96. The van der Waals surface area contributed by atoms with Gasteiger partial charge in [0.05, 0.1) is 7.11 Å². The van der Waals surface area contributed by atoms with Crippen molar-refractivity contribution >= 4 is 5.97 Å². The molecule has 98 valence electrons. The van der Waals surface area contributed by atoms with E-state index in [1.54, 1.807) is 25.3 Å². The van der Waals surface area contributed by atoms with Gasteiger partial charge in [0.1, 0.15) is 17.1 Å². The molecule has 2 rings (SSSR count). The number of methoxy groups -OCH3 is 1. The van der Waals surface area contributed by atoms with Gasteiger partial charge in [0.25, 0.3) is 5.56 Å². The van der Waals surface area contributed by atoms with Crippen LogP contribution in [0.1, 0.15) is 15.9 Å². The Balaban J connectivity index is 2.48. The van der Waals surface area contributed by atoms with E-state index < -0.39 is 11.5 Å². The summed E-state index contributed by atoms with van der Waals surface area (Å²) in [6, 6.07) is 5.30. The Bertz CT molecular complexity index is 691. The van der Waals surface area contributed by atoms with Crippen LogP contribution in [0, 0.1) is 6.92 Å². The number of rotatable bonds is 3. The monoisotopic (exact) mass is 260 g/mol. The summed E-state index contributed by atoms with van der Waals surface area (Å²) in [6.45, 7) is 1.87. The molecule has 6 heteroatoms. The number of aromatic carboxylic acids is 1. The zero-order chi connectivity index (χ0) is 14.0. The van der Waals surface area contributed by atoms with Crippen molar-refractivity contribution in [1.29, 1.82) is 0 Å². The Morgan fingerprint density at radius 3 is 2.68 bits per heavy atom. The van der Waals surface area contributed by atoms with Gasteiger partial charge in [-0.1, -0.05) is 0 Å². The maximum absolute atomic E-state index is 11.6. The molecule has 0 aliphatic carbocycles. The first-order valence-electron chi connectivity index (χ1n) is 5.50. The number of H-pyrrole nitrogens is 1. The number of aromatic nitrogens is 2. The summed E-state index contributed by atoms with van der Waals surface area (Å²) in [4.78, 5) is 28.7. The SMILES string of the molecule is COc1ccc(-c2ncc(C(=O)O)c(=O)[nH]2)cc1C. The Kier molecular flexibility index (Phi) is 3.33. The number of carboxylic acid groups (broad SMARTS) is 1. The summed E-state index contributed by atoms with van der Waals surface area (Å²) in [5.41, 5.74) is 0.525. The van der Waals surface area contributed by atoms with Gasteiger partial charge >= 0.3 is 5.97 Å². The third kappa shape index (κ3) is 2.47. The van der Waals surface area contributed by atoms with Crippen molar-refractivity contribution in [2.75, 3.05) is 7.11 Å². The molecule has 0 spiro atoms. The molecule has 2 N–H and O–H groups in total.